The molecule has 16 heavy (non-hydrogen) atoms. The molecule has 1 aromatic carbocycles. The number of benzene rings is 1. The number of nitrogens with zero attached hydrogens (tertiary/aromatic N) is 2. The van der Waals surface area contributed by atoms with Gasteiger partial charge in [-0.15, -0.1) is 0 Å². The lowest BCUT2D eigenvalue weighted by Gasteiger charge is -1.99. The Balaban J connectivity index is 2.41. The fourth-order valence-corrected chi connectivity index (χ4v) is 3.36. The molecule has 5 heteroatoms. The molecule has 0 amide bonds. The smallest absolute Gasteiger partial charge is 0.265 e. The number of aromatic nitrogens is 2. The van der Waals surface area contributed by atoms with Gasteiger partial charge in [-0.2, -0.15) is 0 Å². The summed E-state index contributed by atoms with van der Waals surface area (Å²) in [5.41, 5.74) is 2.98. The van der Waals surface area contributed by atoms with E-state index >= 15 is 0 Å². The van der Waals surface area contributed by atoms with Gasteiger partial charge in [-0.1, -0.05) is 35.7 Å². The Morgan fingerprint density at radius 1 is 1.12 bits per heavy atom. The number of hydrogen-bond donors (Lipinski definition) is 0. The summed E-state index contributed by atoms with van der Waals surface area (Å²) >= 11 is 2.34. The average Bonchev–Trinajstić information content (AvgIpc) is 2.64. The van der Waals surface area contributed by atoms with E-state index in [4.69, 9.17) is 0 Å². The summed E-state index contributed by atoms with van der Waals surface area (Å²) in [6, 6.07) is 6.06. The summed E-state index contributed by atoms with van der Waals surface area (Å²) in [6.07, 6.45) is 0.982. The summed E-state index contributed by atoms with van der Waals surface area (Å²) in [4.78, 5) is 21.7. The Hall–Kier alpha value is -1.33. The first kappa shape index (κ1) is 9.86. The predicted molar refractivity (Wildman–Crippen MR) is 68.4 cm³/mol. The van der Waals surface area contributed by atoms with Crippen LogP contribution in [0.25, 0.3) is 20.7 Å². The maximum atomic E-state index is 11.2. The molecule has 2 heterocycles. The average molecular weight is 248 g/mol. The molecular formula is C11H8N2OS2. The molecule has 0 unspecified atom stereocenters. The second-order valence-corrected chi connectivity index (χ2v) is 5.65. The van der Waals surface area contributed by atoms with E-state index in [1.54, 1.807) is 0 Å². The molecular weight excluding hydrogens is 240 g/mol. The van der Waals surface area contributed by atoms with E-state index in [-0.39, 0.29) is 4.06 Å². The van der Waals surface area contributed by atoms with Gasteiger partial charge >= 0.3 is 0 Å². The van der Waals surface area contributed by atoms with Crippen LogP contribution in [0.4, 0.5) is 0 Å². The van der Waals surface area contributed by atoms with E-state index in [1.807, 2.05) is 12.1 Å². The van der Waals surface area contributed by atoms with Crippen LogP contribution in [0.2, 0.25) is 0 Å². The number of fused-ring (bicyclic) bond motifs is 2. The second-order valence-electron chi connectivity index (χ2n) is 3.46. The van der Waals surface area contributed by atoms with Crippen molar-refractivity contribution in [2.75, 3.05) is 0 Å². The van der Waals surface area contributed by atoms with Crippen molar-refractivity contribution >= 4 is 43.4 Å². The van der Waals surface area contributed by atoms with Crippen LogP contribution in [0.15, 0.2) is 23.0 Å². The van der Waals surface area contributed by atoms with Gasteiger partial charge in [-0.05, 0) is 24.1 Å². The topological polar surface area (TPSA) is 42.9 Å². The number of hydrogen-bond acceptors (Lipinski definition) is 5. The SMILES string of the molecule is CCc1ccc2nc3sc(=O)sc3nc2c1. The van der Waals surface area contributed by atoms with Gasteiger partial charge in [0.15, 0.2) is 9.66 Å². The summed E-state index contributed by atoms with van der Waals surface area (Å²) in [7, 11) is 0. The lowest BCUT2D eigenvalue weighted by Crippen LogP contribution is -1.86. The number of rotatable bonds is 1. The Morgan fingerprint density at radius 2 is 1.81 bits per heavy atom. The Labute approximate surface area is 99.4 Å². The fraction of sp³-hybridized carbons (Fsp3) is 0.182. The first-order chi connectivity index (χ1) is 7.76. The van der Waals surface area contributed by atoms with Crippen molar-refractivity contribution in [2.24, 2.45) is 0 Å². The standard InChI is InChI=1S/C11H8N2OS2/c1-2-6-3-4-7-8(5-6)13-10-9(12-7)15-11(14)16-10/h3-5H,2H2,1H3. The van der Waals surface area contributed by atoms with Crippen molar-refractivity contribution < 1.29 is 0 Å². The molecule has 80 valence electrons. The molecule has 0 saturated carbocycles. The second kappa shape index (κ2) is 3.61. The van der Waals surface area contributed by atoms with Gasteiger partial charge in [0.05, 0.1) is 11.0 Å². The largest absolute Gasteiger partial charge is 0.291 e. The summed E-state index contributed by atoms with van der Waals surface area (Å²) in [6.45, 7) is 2.11. The zero-order chi connectivity index (χ0) is 11.1. The zero-order valence-corrected chi connectivity index (χ0v) is 10.2. The minimum absolute atomic E-state index is 0.0565. The van der Waals surface area contributed by atoms with Crippen molar-refractivity contribution in [3.63, 3.8) is 0 Å². The van der Waals surface area contributed by atoms with E-state index in [2.05, 4.69) is 23.0 Å². The van der Waals surface area contributed by atoms with Gasteiger partial charge < -0.3 is 0 Å². The highest BCUT2D eigenvalue weighted by Gasteiger charge is 2.06. The van der Waals surface area contributed by atoms with Gasteiger partial charge in [0.25, 0.3) is 4.06 Å². The number of aryl methyl sites for hydroxylation is 1. The van der Waals surface area contributed by atoms with Crippen LogP contribution in [0.3, 0.4) is 0 Å². The molecule has 0 atom stereocenters. The van der Waals surface area contributed by atoms with Crippen LogP contribution in [-0.4, -0.2) is 9.97 Å². The first-order valence-corrected chi connectivity index (χ1v) is 6.60. The maximum absolute atomic E-state index is 11.2. The van der Waals surface area contributed by atoms with Gasteiger partial charge in [-0.3, -0.25) is 4.79 Å². The molecule has 0 fully saturated rings. The first-order valence-electron chi connectivity index (χ1n) is 4.96. The fourth-order valence-electron chi connectivity index (χ4n) is 1.60. The van der Waals surface area contributed by atoms with Crippen LogP contribution >= 0.6 is 22.7 Å². The van der Waals surface area contributed by atoms with Crippen molar-refractivity contribution in [3.05, 3.63) is 32.6 Å². The summed E-state index contributed by atoms with van der Waals surface area (Å²) < 4.78 is 0.0565. The van der Waals surface area contributed by atoms with Crippen molar-refractivity contribution in [1.29, 1.82) is 0 Å². The third-order valence-electron chi connectivity index (χ3n) is 2.44. The Bertz CT molecular complexity index is 730. The normalized spacial score (nSPS) is 11.3. The summed E-state index contributed by atoms with van der Waals surface area (Å²) in [5.74, 6) is 0. The van der Waals surface area contributed by atoms with Gasteiger partial charge in [-0.25, -0.2) is 9.97 Å². The van der Waals surface area contributed by atoms with Crippen molar-refractivity contribution in [3.8, 4) is 0 Å². The molecule has 0 aliphatic heterocycles. The van der Waals surface area contributed by atoms with Crippen LogP contribution in [0.5, 0.6) is 0 Å². The minimum atomic E-state index is 0.0565. The Kier molecular flexibility index (Phi) is 2.22. The Morgan fingerprint density at radius 3 is 2.50 bits per heavy atom. The zero-order valence-electron chi connectivity index (χ0n) is 8.56. The minimum Gasteiger partial charge on any atom is -0.265 e. The van der Waals surface area contributed by atoms with Crippen LogP contribution in [-0.2, 0) is 6.42 Å². The van der Waals surface area contributed by atoms with Crippen molar-refractivity contribution in [2.45, 2.75) is 13.3 Å². The van der Waals surface area contributed by atoms with E-state index < -0.39 is 0 Å². The molecule has 3 aromatic rings. The highest BCUT2D eigenvalue weighted by molar-refractivity contribution is 7.35. The molecule has 0 N–H and O–H groups in total. The predicted octanol–water partition coefficient (Wildman–Crippen LogP) is 2.83. The molecule has 0 saturated heterocycles. The van der Waals surface area contributed by atoms with E-state index in [1.165, 1.54) is 28.2 Å². The van der Waals surface area contributed by atoms with E-state index in [0.29, 0.717) is 0 Å². The molecule has 3 rings (SSSR count). The van der Waals surface area contributed by atoms with Gasteiger partial charge in [0.2, 0.25) is 0 Å². The lowest BCUT2D eigenvalue weighted by atomic mass is 10.1. The van der Waals surface area contributed by atoms with Crippen molar-refractivity contribution in [1.82, 2.24) is 9.97 Å². The molecule has 0 aliphatic carbocycles. The van der Waals surface area contributed by atoms with Gasteiger partial charge in [0, 0.05) is 0 Å². The molecule has 0 spiro atoms. The monoisotopic (exact) mass is 248 g/mol. The van der Waals surface area contributed by atoms with Crippen LogP contribution in [0, 0.1) is 0 Å². The van der Waals surface area contributed by atoms with E-state index in [0.717, 1.165) is 27.1 Å². The quantitative estimate of drug-likeness (QED) is 0.665. The molecule has 0 aliphatic rings. The highest BCUT2D eigenvalue weighted by atomic mass is 32.2. The van der Waals surface area contributed by atoms with Crippen LogP contribution in [0.1, 0.15) is 12.5 Å². The van der Waals surface area contributed by atoms with Gasteiger partial charge in [0.1, 0.15) is 0 Å². The molecule has 0 bridgehead atoms. The van der Waals surface area contributed by atoms with Crippen LogP contribution < -0.4 is 4.06 Å². The molecule has 0 radical (unpaired) electrons. The third-order valence-corrected chi connectivity index (χ3v) is 4.35. The molecule has 3 nitrogen and oxygen atoms in total. The highest BCUT2D eigenvalue weighted by Crippen LogP contribution is 2.21. The maximum Gasteiger partial charge on any atom is 0.291 e. The molecule has 2 aromatic heterocycles. The lowest BCUT2D eigenvalue weighted by molar-refractivity contribution is 1.14. The third kappa shape index (κ3) is 1.52. The van der Waals surface area contributed by atoms with E-state index in [9.17, 15) is 4.79 Å². The summed E-state index contributed by atoms with van der Waals surface area (Å²) in [5, 5.41) is 0.